The maximum atomic E-state index is 15.7. The van der Waals surface area contributed by atoms with E-state index in [1.165, 1.54) is 23.0 Å². The van der Waals surface area contributed by atoms with Crippen molar-refractivity contribution < 1.29 is 32.3 Å². The van der Waals surface area contributed by atoms with E-state index in [-0.39, 0.29) is 35.5 Å². The minimum Gasteiger partial charge on any atom is -0.465 e. The van der Waals surface area contributed by atoms with Crippen molar-refractivity contribution in [1.29, 1.82) is 0 Å². The van der Waals surface area contributed by atoms with Gasteiger partial charge in [-0.2, -0.15) is 5.10 Å². The molecule has 1 saturated carbocycles. The molecule has 2 amide bonds. The molecule has 2 aromatic carbocycles. The summed E-state index contributed by atoms with van der Waals surface area (Å²) in [5.41, 5.74) is 4.33. The number of carbonyl (C=O) groups excluding carboxylic acids is 1. The summed E-state index contributed by atoms with van der Waals surface area (Å²) in [4.78, 5) is 30.8. The third-order valence-electron chi connectivity index (χ3n) is 8.86. The largest absolute Gasteiger partial charge is 0.465 e. The molecule has 0 saturated heterocycles. The van der Waals surface area contributed by atoms with Gasteiger partial charge in [0, 0.05) is 30.6 Å². The Morgan fingerprint density at radius 3 is 2.41 bits per heavy atom. The number of halogens is 4. The van der Waals surface area contributed by atoms with Crippen LogP contribution in [0.2, 0.25) is 0 Å². The predicted octanol–water partition coefficient (Wildman–Crippen LogP) is 7.47. The quantitative estimate of drug-likeness (QED) is 0.178. The van der Waals surface area contributed by atoms with Gasteiger partial charge in [0.15, 0.2) is 5.65 Å². The van der Waals surface area contributed by atoms with E-state index >= 15 is 8.78 Å². The molecule has 7 rings (SSSR count). The lowest BCUT2D eigenvalue weighted by Gasteiger charge is -2.43. The minimum absolute atomic E-state index is 0.00836. The monoisotopic (exact) mass is 649 g/mol. The van der Waals surface area contributed by atoms with Crippen molar-refractivity contribution in [3.05, 3.63) is 100 Å². The Labute approximate surface area is 264 Å². The number of carbonyl (C=O) groups is 2. The molecule has 5 aromatic rings. The summed E-state index contributed by atoms with van der Waals surface area (Å²) in [6.07, 6.45) is -1.94. The number of fused-ring (bicyclic) bond motifs is 4. The Bertz CT molecular complexity index is 1910. The predicted molar refractivity (Wildman–Crippen MR) is 164 cm³/mol. The molecule has 3 aromatic heterocycles. The number of nitrogens with one attached hydrogen (secondary N) is 1. The number of aromatic nitrogens is 3. The van der Waals surface area contributed by atoms with Crippen molar-refractivity contribution in [3.8, 4) is 22.4 Å². The van der Waals surface area contributed by atoms with Crippen LogP contribution in [0.5, 0.6) is 0 Å². The molecule has 0 unspecified atom stereocenters. The highest BCUT2D eigenvalue weighted by Gasteiger charge is 2.51. The van der Waals surface area contributed by atoms with E-state index in [1.807, 2.05) is 48.5 Å². The fourth-order valence-corrected chi connectivity index (χ4v) is 7.73. The van der Waals surface area contributed by atoms with Crippen molar-refractivity contribution in [2.75, 3.05) is 6.54 Å². The molecule has 0 radical (unpaired) electrons. The average Bonchev–Trinajstić information content (AvgIpc) is 3.75. The summed E-state index contributed by atoms with van der Waals surface area (Å²) in [6.45, 7) is -0.101. The Kier molecular flexibility index (Phi) is 7.50. The molecule has 46 heavy (non-hydrogen) atoms. The van der Waals surface area contributed by atoms with Gasteiger partial charge >= 0.3 is 6.09 Å². The third kappa shape index (κ3) is 5.08. The molecule has 13 heteroatoms. The van der Waals surface area contributed by atoms with Crippen LogP contribution in [0.1, 0.15) is 57.3 Å². The molecule has 2 aliphatic rings. The van der Waals surface area contributed by atoms with Crippen LogP contribution >= 0.6 is 11.3 Å². The molecular weight excluding hydrogens is 622 g/mol. The maximum Gasteiger partial charge on any atom is 0.407 e. The van der Waals surface area contributed by atoms with Crippen LogP contribution in [0.4, 0.5) is 22.4 Å². The number of benzene rings is 2. The smallest absolute Gasteiger partial charge is 0.407 e. The molecule has 1 fully saturated rings. The molecular formula is C33H27F4N5O3S. The van der Waals surface area contributed by atoms with Crippen molar-refractivity contribution >= 4 is 29.0 Å². The number of carboxylic acid groups (broad SMARTS) is 1. The number of imidazole rings is 1. The van der Waals surface area contributed by atoms with Gasteiger partial charge in [0.05, 0.1) is 27.7 Å². The lowest BCUT2D eigenvalue weighted by Crippen LogP contribution is -2.63. The van der Waals surface area contributed by atoms with Gasteiger partial charge in [0.25, 0.3) is 18.3 Å². The van der Waals surface area contributed by atoms with E-state index < -0.39 is 53.6 Å². The number of thiophene rings is 1. The second-order valence-electron chi connectivity index (χ2n) is 11.5. The third-order valence-corrected chi connectivity index (χ3v) is 10.0. The summed E-state index contributed by atoms with van der Waals surface area (Å²) in [5, 5.41) is 16.9. The highest BCUT2D eigenvalue weighted by Crippen LogP contribution is 2.46. The number of rotatable bonds is 7. The first kappa shape index (κ1) is 29.9. The van der Waals surface area contributed by atoms with Crippen LogP contribution in [0, 0.1) is 0 Å². The van der Waals surface area contributed by atoms with Crippen molar-refractivity contribution in [2.24, 2.45) is 0 Å². The minimum atomic E-state index is -3.45. The number of hydrogen-bond acceptors (Lipinski definition) is 5. The number of alkyl halides is 4. The summed E-state index contributed by atoms with van der Waals surface area (Å²) < 4.78 is 61.0. The zero-order chi connectivity index (χ0) is 32.2. The molecule has 2 N–H and O–H groups in total. The number of hydrogen-bond donors (Lipinski definition) is 2. The van der Waals surface area contributed by atoms with Crippen molar-refractivity contribution in [1.82, 2.24) is 24.8 Å². The Morgan fingerprint density at radius 1 is 1.04 bits per heavy atom. The standard InChI is InChI=1S/C33H27F4N5O3S/c34-30(35)28-22(25-16-38-27-12-6-14-39-42(25)27)15-26(46-28)31(43)40-29-24(11-5-13-33(29,36)37)41(32(44)45)17-23-20-9-3-1-7-18(20)19-8-2-4-10-21(19)23/h1-4,6-10,12,14-16,23-24,29-30H,5,11,13,17H2,(H,40,43)(H,44,45)/t24-,29+/m0/s1. The highest BCUT2D eigenvalue weighted by molar-refractivity contribution is 7.14. The molecule has 2 aliphatic carbocycles. The normalized spacial score (nSPS) is 18.8. The highest BCUT2D eigenvalue weighted by atomic mass is 32.1. The Balaban J connectivity index is 1.21. The summed E-state index contributed by atoms with van der Waals surface area (Å²) >= 11 is 0.492. The van der Waals surface area contributed by atoms with E-state index in [0.717, 1.165) is 27.2 Å². The topological polar surface area (TPSA) is 99.8 Å². The fourth-order valence-electron chi connectivity index (χ4n) is 6.80. The van der Waals surface area contributed by atoms with Gasteiger partial charge < -0.3 is 15.3 Å². The lowest BCUT2D eigenvalue weighted by atomic mass is 9.84. The first-order chi connectivity index (χ1) is 22.1. The fraction of sp³-hybridized carbons (Fsp3) is 0.273. The lowest BCUT2D eigenvalue weighted by molar-refractivity contribution is -0.0880. The van der Waals surface area contributed by atoms with Gasteiger partial charge in [0.2, 0.25) is 0 Å². The van der Waals surface area contributed by atoms with Gasteiger partial charge in [-0.05, 0) is 53.3 Å². The van der Waals surface area contributed by atoms with E-state index in [4.69, 9.17) is 0 Å². The summed E-state index contributed by atoms with van der Waals surface area (Å²) in [7, 11) is 0. The van der Waals surface area contributed by atoms with Crippen LogP contribution in [-0.2, 0) is 0 Å². The molecule has 0 bridgehead atoms. The summed E-state index contributed by atoms with van der Waals surface area (Å²) in [6, 6.07) is 16.5. The number of nitrogens with zero attached hydrogens (tertiary/aromatic N) is 4. The van der Waals surface area contributed by atoms with Gasteiger partial charge in [-0.15, -0.1) is 11.3 Å². The number of amides is 2. The van der Waals surface area contributed by atoms with E-state index in [1.54, 1.807) is 12.1 Å². The van der Waals surface area contributed by atoms with Crippen molar-refractivity contribution in [3.63, 3.8) is 0 Å². The van der Waals surface area contributed by atoms with Gasteiger partial charge in [-0.25, -0.2) is 31.9 Å². The van der Waals surface area contributed by atoms with E-state index in [0.29, 0.717) is 17.0 Å². The van der Waals surface area contributed by atoms with E-state index in [2.05, 4.69) is 15.4 Å². The maximum absolute atomic E-state index is 15.7. The van der Waals surface area contributed by atoms with Crippen LogP contribution in [0.15, 0.2) is 79.1 Å². The SMILES string of the molecule is O=C(N[C@@H]1[C@@H](N(CC2c3ccccc3-c3ccccc32)C(=O)O)CCCC1(F)F)c1cc(-c2cnc3cccnn23)c(C(F)F)s1. The first-order valence-electron chi connectivity index (χ1n) is 14.7. The summed E-state index contributed by atoms with van der Waals surface area (Å²) in [5.74, 6) is -4.84. The molecule has 8 nitrogen and oxygen atoms in total. The second kappa shape index (κ2) is 11.5. The van der Waals surface area contributed by atoms with Crippen LogP contribution in [0.3, 0.4) is 0 Å². The zero-order valence-corrected chi connectivity index (χ0v) is 24.9. The molecule has 236 valence electrons. The molecule has 0 aliphatic heterocycles. The Hall–Kier alpha value is -4.78. The van der Waals surface area contributed by atoms with Gasteiger partial charge in [-0.3, -0.25) is 4.79 Å². The first-order valence-corrected chi connectivity index (χ1v) is 15.5. The Morgan fingerprint density at radius 2 is 1.74 bits per heavy atom. The van der Waals surface area contributed by atoms with E-state index in [9.17, 15) is 23.5 Å². The molecule has 3 heterocycles. The van der Waals surface area contributed by atoms with Gasteiger partial charge in [0.1, 0.15) is 6.04 Å². The van der Waals surface area contributed by atoms with Crippen LogP contribution in [-0.4, -0.2) is 61.2 Å². The zero-order valence-electron chi connectivity index (χ0n) is 24.1. The van der Waals surface area contributed by atoms with Crippen LogP contribution in [0.25, 0.3) is 28.0 Å². The molecule has 0 spiro atoms. The molecule has 2 atom stereocenters. The average molecular weight is 650 g/mol. The van der Waals surface area contributed by atoms with Crippen molar-refractivity contribution in [2.45, 2.75) is 49.6 Å². The van der Waals surface area contributed by atoms with Gasteiger partial charge in [-0.1, -0.05) is 48.5 Å². The second-order valence-corrected chi connectivity index (χ2v) is 12.5. The van der Waals surface area contributed by atoms with Crippen LogP contribution < -0.4 is 5.32 Å².